The molecule has 11 heteroatoms. The quantitative estimate of drug-likeness (QED) is 0.143. The van der Waals surface area contributed by atoms with E-state index in [1.165, 1.54) is 0 Å². The molecule has 0 saturated carbocycles. The summed E-state index contributed by atoms with van der Waals surface area (Å²) in [5.74, 6) is 0. The molecule has 158 valence electrons. The fraction of sp³-hybridized carbons (Fsp3) is 0.600. The Hall–Kier alpha value is -0.910. The maximum atomic E-state index is 8.88. The summed E-state index contributed by atoms with van der Waals surface area (Å²) >= 11 is 0. The van der Waals surface area contributed by atoms with Crippen molar-refractivity contribution in [1.29, 1.82) is 0 Å². The van der Waals surface area contributed by atoms with Crippen LogP contribution in [0.5, 0.6) is 0 Å². The molecule has 0 aromatic carbocycles. The molecule has 0 aliphatic rings. The molecule has 0 bridgehead atoms. The average Bonchev–Trinajstić information content (AvgIpc) is 2.56. The first-order chi connectivity index (χ1) is 12.2. The third-order valence-electron chi connectivity index (χ3n) is 1.41. The highest BCUT2D eigenvalue weighted by molar-refractivity contribution is 7.45. The van der Waals surface area contributed by atoms with E-state index in [9.17, 15) is 0 Å². The Morgan fingerprint density at radius 2 is 0.846 bits per heavy atom. The first kappa shape index (κ1) is 32.7. The molecule has 26 heavy (non-hydrogen) atoms. The summed E-state index contributed by atoms with van der Waals surface area (Å²) in [6.07, 6.45) is 4.95. The highest BCUT2D eigenvalue weighted by Gasteiger charge is 2.00. The summed E-state index contributed by atoms with van der Waals surface area (Å²) in [5, 5.41) is 24.4. The Bertz CT molecular complexity index is 278. The number of aliphatic hydroxyl groups excluding tert-OH is 3. The Balaban J connectivity index is -0.000000125. The van der Waals surface area contributed by atoms with Gasteiger partial charge in [0.2, 0.25) is 0 Å². The van der Waals surface area contributed by atoms with Crippen LogP contribution < -0.4 is 0 Å². The average molecular weight is 404 g/mol. The van der Waals surface area contributed by atoms with Gasteiger partial charge in [0.15, 0.2) is 0 Å². The smallest absolute Gasteiger partial charge is 0.394 e. The van der Waals surface area contributed by atoms with Crippen molar-refractivity contribution in [1.82, 2.24) is 0 Å². The predicted octanol–water partition coefficient (Wildman–Crippen LogP) is -0.385. The highest BCUT2D eigenvalue weighted by Crippen LogP contribution is 2.25. The van der Waals surface area contributed by atoms with E-state index in [4.69, 9.17) is 48.8 Å². The van der Waals surface area contributed by atoms with Gasteiger partial charge < -0.3 is 44.2 Å². The lowest BCUT2D eigenvalue weighted by Gasteiger charge is -1.92. The standard InChI is InChI=1S/3C5H10O2.H3O4P/c3*1-2-4-7-5-3-6;1-5(2,3)4/h3*2,6H,1,3-5H2;(H3,1,2,3,4). The van der Waals surface area contributed by atoms with Crippen LogP contribution in [0.1, 0.15) is 0 Å². The van der Waals surface area contributed by atoms with Gasteiger partial charge in [0.25, 0.3) is 0 Å². The Morgan fingerprint density at radius 1 is 0.654 bits per heavy atom. The molecule has 0 heterocycles. The van der Waals surface area contributed by atoms with Gasteiger partial charge in [-0.3, -0.25) is 0 Å². The molecule has 10 nitrogen and oxygen atoms in total. The zero-order chi connectivity index (χ0) is 21.1. The van der Waals surface area contributed by atoms with E-state index in [0.717, 1.165) is 0 Å². The molecule has 0 aliphatic carbocycles. The van der Waals surface area contributed by atoms with Crippen molar-refractivity contribution in [3.8, 4) is 0 Å². The second kappa shape index (κ2) is 31.8. The minimum atomic E-state index is -4.64. The molecule has 0 spiro atoms. The molecular formula is C15H33O10P. The zero-order valence-corrected chi connectivity index (χ0v) is 15.9. The number of rotatable bonds is 12. The lowest BCUT2D eigenvalue weighted by molar-refractivity contribution is 0.112. The van der Waals surface area contributed by atoms with Gasteiger partial charge in [-0.1, -0.05) is 18.2 Å². The lowest BCUT2D eigenvalue weighted by atomic mass is 10.7. The van der Waals surface area contributed by atoms with E-state index in [1.54, 1.807) is 18.2 Å². The molecule has 0 saturated heterocycles. The molecule has 0 unspecified atom stereocenters. The molecule has 0 atom stereocenters. The first-order valence-corrected chi connectivity index (χ1v) is 8.98. The molecule has 0 fully saturated rings. The lowest BCUT2D eigenvalue weighted by Crippen LogP contribution is -1.97. The van der Waals surface area contributed by atoms with Crippen LogP contribution in [0.15, 0.2) is 38.0 Å². The molecule has 0 rings (SSSR count). The van der Waals surface area contributed by atoms with Gasteiger partial charge in [-0.15, -0.1) is 19.7 Å². The maximum Gasteiger partial charge on any atom is 0.466 e. The number of ether oxygens (including phenoxy) is 3. The second-order valence-electron chi connectivity index (χ2n) is 3.77. The van der Waals surface area contributed by atoms with Crippen LogP contribution in [0.3, 0.4) is 0 Å². The van der Waals surface area contributed by atoms with Gasteiger partial charge in [-0.05, 0) is 0 Å². The van der Waals surface area contributed by atoms with E-state index < -0.39 is 7.82 Å². The van der Waals surface area contributed by atoms with Crippen LogP contribution in [0.2, 0.25) is 0 Å². The molecule has 6 N–H and O–H groups in total. The summed E-state index contributed by atoms with van der Waals surface area (Å²) in [6.45, 7) is 13.4. The normalized spacial score (nSPS) is 9.31. The molecular weight excluding hydrogens is 371 g/mol. The largest absolute Gasteiger partial charge is 0.466 e. The van der Waals surface area contributed by atoms with E-state index in [0.29, 0.717) is 39.6 Å². The number of hydrogen-bond acceptors (Lipinski definition) is 7. The first-order valence-electron chi connectivity index (χ1n) is 7.41. The maximum absolute atomic E-state index is 8.88. The highest BCUT2D eigenvalue weighted by atomic mass is 31.2. The van der Waals surface area contributed by atoms with Crippen LogP contribution in [0, 0.1) is 0 Å². The number of aliphatic hydroxyl groups is 3. The van der Waals surface area contributed by atoms with Gasteiger partial charge in [0, 0.05) is 0 Å². The summed E-state index contributed by atoms with van der Waals surface area (Å²) < 4.78 is 23.2. The minimum Gasteiger partial charge on any atom is -0.394 e. The fourth-order valence-electron chi connectivity index (χ4n) is 0.694. The molecule has 0 amide bonds. The van der Waals surface area contributed by atoms with E-state index >= 15 is 0 Å². The van der Waals surface area contributed by atoms with Gasteiger partial charge in [0.05, 0.1) is 59.5 Å². The Kier molecular flexibility index (Phi) is 40.1. The summed E-state index contributed by atoms with van der Waals surface area (Å²) in [4.78, 5) is 21.6. The molecule has 0 aromatic rings. The van der Waals surface area contributed by atoms with Crippen LogP contribution in [-0.4, -0.2) is 89.5 Å². The van der Waals surface area contributed by atoms with Gasteiger partial charge in [-0.25, -0.2) is 4.57 Å². The van der Waals surface area contributed by atoms with Crippen molar-refractivity contribution in [2.75, 3.05) is 59.5 Å². The SMILES string of the molecule is C=CCOCCO.C=CCOCCO.C=CCOCCO.O=P(O)(O)O. The zero-order valence-electron chi connectivity index (χ0n) is 15.0. The van der Waals surface area contributed by atoms with Crippen molar-refractivity contribution in [3.05, 3.63) is 38.0 Å². The van der Waals surface area contributed by atoms with Crippen molar-refractivity contribution < 1.29 is 48.8 Å². The Morgan fingerprint density at radius 3 is 0.962 bits per heavy atom. The summed E-state index contributed by atoms with van der Waals surface area (Å²) in [6, 6.07) is 0. The summed E-state index contributed by atoms with van der Waals surface area (Å²) in [7, 11) is -4.64. The van der Waals surface area contributed by atoms with E-state index in [2.05, 4.69) is 19.7 Å². The topological polar surface area (TPSA) is 166 Å². The van der Waals surface area contributed by atoms with Gasteiger partial charge in [0.1, 0.15) is 0 Å². The molecule has 0 radical (unpaired) electrons. The van der Waals surface area contributed by atoms with Crippen molar-refractivity contribution in [2.24, 2.45) is 0 Å². The van der Waals surface area contributed by atoms with Crippen LogP contribution >= 0.6 is 7.82 Å². The third-order valence-corrected chi connectivity index (χ3v) is 1.41. The van der Waals surface area contributed by atoms with Crippen molar-refractivity contribution in [2.45, 2.75) is 0 Å². The Labute approximate surface area is 154 Å². The van der Waals surface area contributed by atoms with Crippen molar-refractivity contribution in [3.63, 3.8) is 0 Å². The number of hydrogen-bond donors (Lipinski definition) is 6. The third kappa shape index (κ3) is 91.6. The van der Waals surface area contributed by atoms with Gasteiger partial charge in [-0.2, -0.15) is 0 Å². The minimum absolute atomic E-state index is 0.0911. The summed E-state index contributed by atoms with van der Waals surface area (Å²) in [5.41, 5.74) is 0. The van der Waals surface area contributed by atoms with Gasteiger partial charge >= 0.3 is 7.82 Å². The van der Waals surface area contributed by atoms with E-state index in [1.807, 2.05) is 0 Å². The van der Waals surface area contributed by atoms with Crippen molar-refractivity contribution >= 4 is 7.82 Å². The molecule has 0 aromatic heterocycles. The number of phosphoric acid groups is 1. The molecule has 0 aliphatic heterocycles. The second-order valence-corrected chi connectivity index (χ2v) is 4.80. The van der Waals surface area contributed by atoms with Crippen LogP contribution in [-0.2, 0) is 18.8 Å². The predicted molar refractivity (Wildman–Crippen MR) is 98.6 cm³/mol. The van der Waals surface area contributed by atoms with E-state index in [-0.39, 0.29) is 19.8 Å². The van der Waals surface area contributed by atoms with Crippen LogP contribution in [0.25, 0.3) is 0 Å². The van der Waals surface area contributed by atoms with Crippen LogP contribution in [0.4, 0.5) is 0 Å². The fourth-order valence-corrected chi connectivity index (χ4v) is 0.694. The monoisotopic (exact) mass is 404 g/mol.